The molecule has 0 radical (unpaired) electrons. The molecule has 0 saturated carbocycles. The fourth-order valence-corrected chi connectivity index (χ4v) is 1.69. The van der Waals surface area contributed by atoms with Crippen LogP contribution >= 0.6 is 0 Å². The second-order valence-corrected chi connectivity index (χ2v) is 3.80. The number of hydrogen-bond donors (Lipinski definition) is 2. The monoisotopic (exact) mass is 234 g/mol. The summed E-state index contributed by atoms with van der Waals surface area (Å²) in [7, 11) is 0. The second-order valence-electron chi connectivity index (χ2n) is 3.80. The van der Waals surface area contributed by atoms with Crippen molar-refractivity contribution in [3.8, 4) is 0 Å². The first-order valence-corrected chi connectivity index (χ1v) is 4.99. The van der Waals surface area contributed by atoms with Crippen LogP contribution in [-0.4, -0.2) is 21.0 Å². The maximum absolute atomic E-state index is 10.8. The van der Waals surface area contributed by atoms with Crippen molar-refractivity contribution in [3.05, 3.63) is 40.1 Å². The molecule has 17 heavy (non-hydrogen) atoms. The molecule has 2 N–H and O–H groups in total. The summed E-state index contributed by atoms with van der Waals surface area (Å²) in [6, 6.07) is 4.79. The van der Waals surface area contributed by atoms with Crippen molar-refractivity contribution in [2.45, 2.75) is 12.8 Å². The lowest BCUT2D eigenvalue weighted by molar-refractivity contribution is -0.383. The van der Waals surface area contributed by atoms with E-state index < -0.39 is 16.8 Å². The SMILES string of the molecule is CC(C(=O)O)c1ccc2c([N+](=O)[O-])c[nH]c2c1. The molecular formula is C11H10N2O4. The molecule has 2 rings (SSSR count). The summed E-state index contributed by atoms with van der Waals surface area (Å²) in [5, 5.41) is 20.1. The predicted molar refractivity (Wildman–Crippen MR) is 61.0 cm³/mol. The van der Waals surface area contributed by atoms with Crippen LogP contribution in [0.1, 0.15) is 18.4 Å². The Morgan fingerprint density at radius 3 is 2.82 bits per heavy atom. The van der Waals surface area contributed by atoms with Gasteiger partial charge in [-0.3, -0.25) is 14.9 Å². The Balaban J connectivity index is 2.53. The number of fused-ring (bicyclic) bond motifs is 1. The zero-order valence-electron chi connectivity index (χ0n) is 9.01. The van der Waals surface area contributed by atoms with Gasteiger partial charge in [0.15, 0.2) is 0 Å². The van der Waals surface area contributed by atoms with Crippen molar-refractivity contribution in [3.63, 3.8) is 0 Å². The highest BCUT2D eigenvalue weighted by atomic mass is 16.6. The quantitative estimate of drug-likeness (QED) is 0.628. The number of carbonyl (C=O) groups is 1. The Kier molecular flexibility index (Phi) is 2.55. The van der Waals surface area contributed by atoms with Crippen LogP contribution in [0.5, 0.6) is 0 Å². The minimum absolute atomic E-state index is 0.00507. The molecule has 1 atom stereocenters. The lowest BCUT2D eigenvalue weighted by Crippen LogP contribution is -2.06. The molecule has 6 nitrogen and oxygen atoms in total. The number of nitrogens with zero attached hydrogens (tertiary/aromatic N) is 1. The number of aliphatic carboxylic acids is 1. The number of aromatic nitrogens is 1. The molecule has 1 aromatic heterocycles. The number of rotatable bonds is 3. The van der Waals surface area contributed by atoms with E-state index in [9.17, 15) is 14.9 Å². The van der Waals surface area contributed by atoms with Crippen LogP contribution in [0.3, 0.4) is 0 Å². The minimum Gasteiger partial charge on any atom is -0.481 e. The van der Waals surface area contributed by atoms with E-state index >= 15 is 0 Å². The average molecular weight is 234 g/mol. The summed E-state index contributed by atoms with van der Waals surface area (Å²) < 4.78 is 0. The first-order valence-electron chi connectivity index (χ1n) is 4.99. The van der Waals surface area contributed by atoms with E-state index in [0.717, 1.165) is 0 Å². The first-order chi connectivity index (χ1) is 8.00. The predicted octanol–water partition coefficient (Wildman–Crippen LogP) is 2.26. The molecule has 1 unspecified atom stereocenters. The van der Waals surface area contributed by atoms with E-state index in [2.05, 4.69) is 4.98 Å². The van der Waals surface area contributed by atoms with E-state index in [1.807, 2.05) is 0 Å². The molecule has 1 heterocycles. The highest BCUT2D eigenvalue weighted by molar-refractivity contribution is 5.90. The third-order valence-electron chi connectivity index (χ3n) is 2.75. The molecule has 2 aromatic rings. The van der Waals surface area contributed by atoms with Crippen LogP contribution in [-0.2, 0) is 4.79 Å². The normalized spacial score (nSPS) is 12.5. The maximum atomic E-state index is 10.8. The number of carboxylic acids is 1. The molecule has 0 aliphatic rings. The Labute approximate surface area is 96.0 Å². The van der Waals surface area contributed by atoms with Gasteiger partial charge in [-0.15, -0.1) is 0 Å². The molecule has 0 fully saturated rings. The number of nitro groups is 1. The second kappa shape index (κ2) is 3.89. The number of benzene rings is 1. The van der Waals surface area contributed by atoms with Gasteiger partial charge in [0, 0.05) is 0 Å². The maximum Gasteiger partial charge on any atom is 0.310 e. The van der Waals surface area contributed by atoms with Crippen LogP contribution in [0, 0.1) is 10.1 Å². The molecule has 1 aromatic carbocycles. The van der Waals surface area contributed by atoms with Crippen molar-refractivity contribution in [2.24, 2.45) is 0 Å². The Morgan fingerprint density at radius 1 is 1.53 bits per heavy atom. The third-order valence-corrected chi connectivity index (χ3v) is 2.75. The summed E-state index contributed by atoms with van der Waals surface area (Å²) in [4.78, 5) is 23.8. The highest BCUT2D eigenvalue weighted by Gasteiger charge is 2.17. The van der Waals surface area contributed by atoms with Crippen molar-refractivity contribution < 1.29 is 14.8 Å². The molecule has 0 spiro atoms. The van der Waals surface area contributed by atoms with Gasteiger partial charge in [-0.1, -0.05) is 6.07 Å². The fraction of sp³-hybridized carbons (Fsp3) is 0.182. The average Bonchev–Trinajstić information content (AvgIpc) is 2.70. The topological polar surface area (TPSA) is 96.2 Å². The third kappa shape index (κ3) is 1.84. The lowest BCUT2D eigenvalue weighted by Gasteiger charge is -2.05. The van der Waals surface area contributed by atoms with Crippen molar-refractivity contribution in [1.29, 1.82) is 0 Å². The lowest BCUT2D eigenvalue weighted by atomic mass is 10.0. The Hall–Kier alpha value is -2.37. The largest absolute Gasteiger partial charge is 0.481 e. The molecule has 0 bridgehead atoms. The number of hydrogen-bond acceptors (Lipinski definition) is 3. The zero-order chi connectivity index (χ0) is 12.6. The first kappa shape index (κ1) is 11.1. The summed E-state index contributed by atoms with van der Waals surface area (Å²) in [6.07, 6.45) is 1.31. The minimum atomic E-state index is -0.926. The van der Waals surface area contributed by atoms with Crippen LogP contribution < -0.4 is 0 Å². The van der Waals surface area contributed by atoms with Crippen molar-refractivity contribution in [2.75, 3.05) is 0 Å². The van der Waals surface area contributed by atoms with E-state index in [0.29, 0.717) is 16.5 Å². The van der Waals surface area contributed by atoms with Gasteiger partial charge < -0.3 is 10.1 Å². The molecule has 6 heteroatoms. The number of H-pyrrole nitrogens is 1. The smallest absolute Gasteiger partial charge is 0.310 e. The van der Waals surface area contributed by atoms with E-state index in [-0.39, 0.29) is 5.69 Å². The number of aromatic amines is 1. The van der Waals surface area contributed by atoms with Gasteiger partial charge in [-0.05, 0) is 24.6 Å². The fourth-order valence-electron chi connectivity index (χ4n) is 1.69. The molecule has 0 saturated heterocycles. The zero-order valence-corrected chi connectivity index (χ0v) is 9.01. The van der Waals surface area contributed by atoms with E-state index in [4.69, 9.17) is 5.11 Å². The van der Waals surface area contributed by atoms with Crippen LogP contribution in [0.25, 0.3) is 10.9 Å². The summed E-state index contributed by atoms with van der Waals surface area (Å²) >= 11 is 0. The Morgan fingerprint density at radius 2 is 2.24 bits per heavy atom. The van der Waals surface area contributed by atoms with Gasteiger partial charge >= 0.3 is 5.97 Å². The van der Waals surface area contributed by atoms with Gasteiger partial charge in [-0.25, -0.2) is 0 Å². The Bertz CT molecular complexity index is 603. The number of nitrogens with one attached hydrogen (secondary N) is 1. The summed E-state index contributed by atoms with van der Waals surface area (Å²) in [5.41, 5.74) is 1.18. The van der Waals surface area contributed by atoms with Crippen molar-refractivity contribution in [1.82, 2.24) is 4.98 Å². The van der Waals surface area contributed by atoms with Crippen molar-refractivity contribution >= 4 is 22.6 Å². The molecule has 0 amide bonds. The van der Waals surface area contributed by atoms with E-state index in [1.54, 1.807) is 25.1 Å². The van der Waals surface area contributed by atoms with Gasteiger partial charge in [0.25, 0.3) is 5.69 Å². The van der Waals surface area contributed by atoms with E-state index in [1.165, 1.54) is 6.20 Å². The summed E-state index contributed by atoms with van der Waals surface area (Å²) in [6.45, 7) is 1.57. The summed E-state index contributed by atoms with van der Waals surface area (Å²) in [5.74, 6) is -1.56. The molecule has 0 aliphatic heterocycles. The number of carboxylic acid groups (broad SMARTS) is 1. The highest BCUT2D eigenvalue weighted by Crippen LogP contribution is 2.28. The van der Waals surface area contributed by atoms with Gasteiger partial charge in [-0.2, -0.15) is 0 Å². The standard InChI is InChI=1S/C11H10N2O4/c1-6(11(14)15)7-2-3-8-9(4-7)12-5-10(8)13(16)17/h2-6,12H,1H3,(H,14,15). The molecule has 0 aliphatic carbocycles. The van der Waals surface area contributed by atoms with Crippen LogP contribution in [0.2, 0.25) is 0 Å². The van der Waals surface area contributed by atoms with Gasteiger partial charge in [0.2, 0.25) is 0 Å². The van der Waals surface area contributed by atoms with Crippen LogP contribution in [0.15, 0.2) is 24.4 Å². The van der Waals surface area contributed by atoms with Gasteiger partial charge in [0.05, 0.1) is 27.9 Å². The molecular weight excluding hydrogens is 224 g/mol. The molecule has 88 valence electrons. The van der Waals surface area contributed by atoms with Gasteiger partial charge in [0.1, 0.15) is 0 Å². The van der Waals surface area contributed by atoms with Crippen LogP contribution in [0.4, 0.5) is 5.69 Å².